The molecule has 0 aromatic rings. The van der Waals surface area contributed by atoms with Gasteiger partial charge in [-0.1, -0.05) is 34.6 Å². The van der Waals surface area contributed by atoms with Crippen LogP contribution in [-0.2, 0) is 33.3 Å². The summed E-state index contributed by atoms with van der Waals surface area (Å²) in [6.45, 7) is 18.3. The van der Waals surface area contributed by atoms with E-state index in [0.717, 1.165) is 32.1 Å². The lowest BCUT2D eigenvalue weighted by molar-refractivity contribution is -0.234. The number of aliphatic hydroxyl groups excluding tert-OH is 1. The number of carbonyl (C=O) groups excluding carboxylic acids is 2. The molecule has 3 saturated heterocycles. The third kappa shape index (κ3) is 4.71. The van der Waals surface area contributed by atoms with E-state index in [0.29, 0.717) is 38.0 Å². The number of esters is 1. The van der Waals surface area contributed by atoms with Gasteiger partial charge in [0.1, 0.15) is 6.61 Å². The fourth-order valence-electron chi connectivity index (χ4n) is 14.3. The van der Waals surface area contributed by atoms with Gasteiger partial charge in [-0.25, -0.2) is 0 Å². The van der Waals surface area contributed by atoms with Gasteiger partial charge in [0.15, 0.2) is 12.4 Å². The van der Waals surface area contributed by atoms with Gasteiger partial charge >= 0.3 is 5.97 Å². The number of hydrogen-bond donors (Lipinski definition) is 2. The van der Waals surface area contributed by atoms with Crippen LogP contribution in [0.25, 0.3) is 0 Å². The normalized spacial score (nSPS) is 52.0. The minimum Gasteiger partial charge on any atom is -0.457 e. The highest BCUT2D eigenvalue weighted by atomic mass is 16.7. The second kappa shape index (κ2) is 11.1. The second-order valence-corrected chi connectivity index (χ2v) is 19.4. The van der Waals surface area contributed by atoms with Crippen molar-refractivity contribution in [1.29, 1.82) is 0 Å². The molecule has 276 valence electrons. The molecule has 0 aromatic heterocycles. The summed E-state index contributed by atoms with van der Waals surface area (Å²) in [4.78, 5) is 26.4. The Morgan fingerprint density at radius 2 is 1.73 bits per heavy atom. The molecule has 15 atom stereocenters. The molecule has 3 aliphatic heterocycles. The van der Waals surface area contributed by atoms with Gasteiger partial charge in [-0.2, -0.15) is 0 Å². The average Bonchev–Trinajstić information content (AvgIpc) is 3.69. The number of hydrogen-bond acceptors (Lipinski definition) is 9. The summed E-state index contributed by atoms with van der Waals surface area (Å²) in [7, 11) is 0. The highest BCUT2D eigenvalue weighted by Gasteiger charge is 2.84. The Kier molecular flexibility index (Phi) is 7.88. The van der Waals surface area contributed by atoms with Crippen LogP contribution in [0.3, 0.4) is 0 Å². The Balaban J connectivity index is 1.03. The molecule has 1 amide bonds. The van der Waals surface area contributed by atoms with E-state index in [1.54, 1.807) is 13.8 Å². The standard InChI is InChI=1S/C39H61NO9/c1-21-15-24(33(35(5,6)44)47-22(2)41)48-31-30(21)36(7)13-14-39-20-38(39)12-11-27(49-29-17-40-16-23(18-46-29)45-19-28(40)42)34(3,4)25(38)9-10-26(39)37(36,8)32(31)43/h21,23-27,29-33,43-44H,9-20H2,1-8H3/t21-,23+,24?,25+,26?,27+,29?,30+,31?,32+,33+,36?,37-,38?,39?/m1/s1. The van der Waals surface area contributed by atoms with Crippen molar-refractivity contribution in [2.75, 3.05) is 26.3 Å². The van der Waals surface area contributed by atoms with Gasteiger partial charge in [0.2, 0.25) is 5.91 Å². The van der Waals surface area contributed by atoms with Gasteiger partial charge in [-0.15, -0.1) is 0 Å². The van der Waals surface area contributed by atoms with Crippen LogP contribution >= 0.6 is 0 Å². The summed E-state index contributed by atoms with van der Waals surface area (Å²) >= 11 is 0. The number of ether oxygens (including phenoxy) is 5. The molecule has 5 saturated carbocycles. The molecular formula is C39H61NO9. The maximum atomic E-state index is 12.6. The lowest BCUT2D eigenvalue weighted by atomic mass is 9.41. The second-order valence-electron chi connectivity index (χ2n) is 19.4. The molecular weight excluding hydrogens is 626 g/mol. The number of aliphatic hydroxyl groups is 2. The first-order chi connectivity index (χ1) is 22.9. The fraction of sp³-hybridized carbons (Fsp3) is 0.949. The van der Waals surface area contributed by atoms with Crippen molar-refractivity contribution < 1.29 is 43.5 Å². The molecule has 2 spiro atoms. The van der Waals surface area contributed by atoms with Crippen LogP contribution in [-0.4, -0.2) is 102 Å². The minimum absolute atomic E-state index is 0.0129. The number of rotatable bonds is 5. The molecule has 5 aliphatic carbocycles. The Bertz CT molecular complexity index is 1360. The summed E-state index contributed by atoms with van der Waals surface area (Å²) in [5, 5.41) is 23.6. The van der Waals surface area contributed by atoms with Gasteiger partial charge in [0.25, 0.3) is 0 Å². The lowest BCUT2D eigenvalue weighted by Crippen LogP contribution is -2.60. The molecule has 8 rings (SSSR count). The summed E-state index contributed by atoms with van der Waals surface area (Å²) < 4.78 is 31.2. The first-order valence-corrected chi connectivity index (χ1v) is 19.3. The number of morpholine rings is 1. The SMILES string of the molecule is CC(=O)O[C@@H](C1C[C@@H](C)[C@H]2C(O1)[C@H](O)[C@@]1(C)C3CC[C@H]4C(C)(C)[C@@H](OC5CN6C[C@@H](CO5)OCC6=O)CCC45CC35CCC21C)C(C)(C)O. The highest BCUT2D eigenvalue weighted by Crippen LogP contribution is 2.89. The molecule has 0 aromatic carbocycles. The Hall–Kier alpha value is -1.30. The van der Waals surface area contributed by atoms with Crippen molar-refractivity contribution in [1.82, 2.24) is 4.90 Å². The zero-order valence-corrected chi connectivity index (χ0v) is 31.0. The molecule has 8 fully saturated rings. The molecule has 2 bridgehead atoms. The van der Waals surface area contributed by atoms with Crippen LogP contribution in [0, 0.1) is 50.7 Å². The predicted molar refractivity (Wildman–Crippen MR) is 179 cm³/mol. The van der Waals surface area contributed by atoms with E-state index in [4.69, 9.17) is 23.7 Å². The minimum atomic E-state index is -1.27. The van der Waals surface area contributed by atoms with E-state index in [2.05, 4.69) is 34.6 Å². The van der Waals surface area contributed by atoms with E-state index >= 15 is 0 Å². The Labute approximate surface area is 292 Å². The van der Waals surface area contributed by atoms with Gasteiger partial charge < -0.3 is 38.8 Å². The van der Waals surface area contributed by atoms with Gasteiger partial charge in [0.05, 0.1) is 49.3 Å². The zero-order chi connectivity index (χ0) is 35.1. The Morgan fingerprint density at radius 3 is 2.45 bits per heavy atom. The van der Waals surface area contributed by atoms with E-state index in [1.165, 1.54) is 19.8 Å². The van der Waals surface area contributed by atoms with Gasteiger partial charge in [-0.3, -0.25) is 9.59 Å². The molecule has 10 heteroatoms. The monoisotopic (exact) mass is 687 g/mol. The van der Waals surface area contributed by atoms with Crippen LogP contribution < -0.4 is 0 Å². The molecule has 8 aliphatic rings. The average molecular weight is 688 g/mol. The first-order valence-electron chi connectivity index (χ1n) is 19.3. The Morgan fingerprint density at radius 1 is 1.02 bits per heavy atom. The van der Waals surface area contributed by atoms with Crippen molar-refractivity contribution in [3.63, 3.8) is 0 Å². The highest BCUT2D eigenvalue weighted by molar-refractivity contribution is 5.78. The van der Waals surface area contributed by atoms with Crippen LogP contribution in [0.15, 0.2) is 0 Å². The molecule has 10 nitrogen and oxygen atoms in total. The number of amides is 1. The zero-order valence-electron chi connectivity index (χ0n) is 31.0. The summed E-state index contributed by atoms with van der Waals surface area (Å²) in [5.41, 5.74) is -1.25. The van der Waals surface area contributed by atoms with Crippen LogP contribution in [0.4, 0.5) is 0 Å². The van der Waals surface area contributed by atoms with E-state index in [-0.39, 0.29) is 69.7 Å². The third-order valence-corrected chi connectivity index (χ3v) is 16.5. The smallest absolute Gasteiger partial charge is 0.303 e. The van der Waals surface area contributed by atoms with E-state index < -0.39 is 36.2 Å². The van der Waals surface area contributed by atoms with Crippen molar-refractivity contribution in [2.24, 2.45) is 50.7 Å². The van der Waals surface area contributed by atoms with Gasteiger partial charge in [0, 0.05) is 18.9 Å². The molecule has 0 radical (unpaired) electrons. The van der Waals surface area contributed by atoms with Gasteiger partial charge in [-0.05, 0) is 111 Å². The fourth-order valence-corrected chi connectivity index (χ4v) is 14.3. The first kappa shape index (κ1) is 34.8. The molecule has 7 unspecified atom stereocenters. The van der Waals surface area contributed by atoms with E-state index in [1.807, 2.05) is 4.90 Å². The van der Waals surface area contributed by atoms with Crippen molar-refractivity contribution in [3.8, 4) is 0 Å². The van der Waals surface area contributed by atoms with Crippen LogP contribution in [0.1, 0.15) is 107 Å². The molecule has 49 heavy (non-hydrogen) atoms. The molecule has 3 heterocycles. The van der Waals surface area contributed by atoms with Crippen molar-refractivity contribution >= 4 is 11.9 Å². The van der Waals surface area contributed by atoms with Crippen LogP contribution in [0.2, 0.25) is 0 Å². The van der Waals surface area contributed by atoms with Crippen molar-refractivity contribution in [3.05, 3.63) is 0 Å². The maximum Gasteiger partial charge on any atom is 0.303 e. The summed E-state index contributed by atoms with van der Waals surface area (Å²) in [6.07, 6.45) is 5.75. The number of nitrogens with zero attached hydrogens (tertiary/aromatic N) is 1. The third-order valence-electron chi connectivity index (χ3n) is 16.5. The lowest BCUT2D eigenvalue weighted by Gasteiger charge is -2.63. The topological polar surface area (TPSA) is 124 Å². The predicted octanol–water partition coefficient (Wildman–Crippen LogP) is 4.47. The number of fused-ring (bicyclic) bond motifs is 6. The van der Waals surface area contributed by atoms with Crippen molar-refractivity contribution in [2.45, 2.75) is 155 Å². The summed E-state index contributed by atoms with van der Waals surface area (Å²) in [6, 6.07) is 0. The molecule has 2 N–H and O–H groups in total. The quantitative estimate of drug-likeness (QED) is 0.403. The number of carbonyl (C=O) groups is 2. The van der Waals surface area contributed by atoms with E-state index in [9.17, 15) is 19.8 Å². The van der Waals surface area contributed by atoms with Crippen LogP contribution in [0.5, 0.6) is 0 Å². The summed E-state index contributed by atoms with van der Waals surface area (Å²) in [5.74, 6) is 0.951. The maximum absolute atomic E-state index is 12.6. The largest absolute Gasteiger partial charge is 0.457 e.